The van der Waals surface area contributed by atoms with Gasteiger partial charge in [-0.25, -0.2) is 0 Å². The van der Waals surface area contributed by atoms with Crippen molar-refractivity contribution in [3.05, 3.63) is 54.1 Å². The molecule has 0 saturated carbocycles. The van der Waals surface area contributed by atoms with Crippen LogP contribution in [0.5, 0.6) is 5.75 Å². The van der Waals surface area contributed by atoms with Gasteiger partial charge in [0.25, 0.3) is 0 Å². The largest absolute Gasteiger partial charge is 0.496 e. The maximum Gasteiger partial charge on any atom is 0.305 e. The van der Waals surface area contributed by atoms with Crippen LogP contribution in [-0.4, -0.2) is 40.7 Å². The zero-order valence-corrected chi connectivity index (χ0v) is 15.3. The Kier molecular flexibility index (Phi) is 5.87. The molecule has 2 N–H and O–H groups in total. The highest BCUT2D eigenvalue weighted by Gasteiger charge is 2.32. The van der Waals surface area contributed by atoms with Gasteiger partial charge in [0.1, 0.15) is 11.0 Å². The van der Waals surface area contributed by atoms with Crippen molar-refractivity contribution < 1.29 is 19.4 Å². The number of hydrogen-bond donors (Lipinski definition) is 2. The lowest BCUT2D eigenvalue weighted by Gasteiger charge is -2.09. The molecule has 1 aliphatic heterocycles. The number of thioether (sulfide) groups is 1. The van der Waals surface area contributed by atoms with Crippen LogP contribution in [0.2, 0.25) is 0 Å². The molecule has 1 atom stereocenters. The van der Waals surface area contributed by atoms with Gasteiger partial charge in [-0.3, -0.25) is 9.59 Å². The fourth-order valence-corrected chi connectivity index (χ4v) is 3.46. The monoisotopic (exact) mass is 383 g/mol. The number of aliphatic carboxylic acids is 1. The van der Waals surface area contributed by atoms with Crippen LogP contribution in [0.3, 0.4) is 0 Å². The van der Waals surface area contributed by atoms with Crippen LogP contribution < -0.4 is 10.1 Å². The second kappa shape index (κ2) is 8.50. The van der Waals surface area contributed by atoms with Crippen molar-refractivity contribution in [2.45, 2.75) is 11.7 Å². The van der Waals surface area contributed by atoms with Crippen LogP contribution in [0.25, 0.3) is 11.1 Å². The van der Waals surface area contributed by atoms with Crippen molar-refractivity contribution in [2.75, 3.05) is 7.11 Å². The van der Waals surface area contributed by atoms with E-state index in [0.29, 0.717) is 5.17 Å². The smallest absolute Gasteiger partial charge is 0.305 e. The van der Waals surface area contributed by atoms with Gasteiger partial charge in [-0.2, -0.15) is 5.10 Å². The Morgan fingerprint density at radius 1 is 1.30 bits per heavy atom. The normalized spacial score (nSPS) is 18.0. The van der Waals surface area contributed by atoms with E-state index in [4.69, 9.17) is 9.84 Å². The Labute approximate surface area is 160 Å². The number of ether oxygens (including phenoxy) is 1. The number of carboxylic acids is 1. The molecule has 0 aliphatic carbocycles. The Morgan fingerprint density at radius 2 is 2.07 bits per heavy atom. The van der Waals surface area contributed by atoms with Crippen molar-refractivity contribution in [1.82, 2.24) is 5.32 Å². The first-order valence-electron chi connectivity index (χ1n) is 8.10. The van der Waals surface area contributed by atoms with Gasteiger partial charge in [-0.15, -0.1) is 5.10 Å². The first kappa shape index (κ1) is 18.7. The van der Waals surface area contributed by atoms with Crippen molar-refractivity contribution in [3.8, 4) is 16.9 Å². The highest BCUT2D eigenvalue weighted by molar-refractivity contribution is 8.15. The molecule has 1 saturated heterocycles. The molecule has 0 bridgehead atoms. The van der Waals surface area contributed by atoms with Crippen molar-refractivity contribution in [2.24, 2.45) is 10.2 Å². The van der Waals surface area contributed by atoms with E-state index in [2.05, 4.69) is 15.5 Å². The molecule has 8 heteroatoms. The van der Waals surface area contributed by atoms with E-state index in [1.807, 2.05) is 48.5 Å². The minimum atomic E-state index is -1.03. The molecule has 1 unspecified atom stereocenters. The minimum Gasteiger partial charge on any atom is -0.496 e. The quantitative estimate of drug-likeness (QED) is 0.590. The van der Waals surface area contributed by atoms with E-state index >= 15 is 0 Å². The zero-order chi connectivity index (χ0) is 19.2. The van der Waals surface area contributed by atoms with Crippen LogP contribution in [0.15, 0.2) is 58.7 Å². The van der Waals surface area contributed by atoms with Gasteiger partial charge in [-0.05, 0) is 29.3 Å². The van der Waals surface area contributed by atoms with E-state index in [9.17, 15) is 9.59 Å². The second-order valence-corrected chi connectivity index (χ2v) is 6.86. The van der Waals surface area contributed by atoms with Crippen LogP contribution in [0.1, 0.15) is 12.0 Å². The van der Waals surface area contributed by atoms with Gasteiger partial charge in [-0.1, -0.05) is 42.1 Å². The maximum atomic E-state index is 11.7. The Hall–Kier alpha value is -3.13. The third-order valence-corrected chi connectivity index (χ3v) is 4.87. The molecule has 138 valence electrons. The standard InChI is InChI=1S/C19H17N3O4S/c1-26-15-8-7-12(9-14(15)13-5-3-2-4-6-13)11-20-22-19-21-18(25)16(27-19)10-17(23)24/h2-9,11,16H,10H2,1H3,(H,23,24)(H,21,22,25). The van der Waals surface area contributed by atoms with Gasteiger partial charge in [0, 0.05) is 5.56 Å². The third-order valence-electron chi connectivity index (χ3n) is 3.80. The summed E-state index contributed by atoms with van der Waals surface area (Å²) in [5.41, 5.74) is 2.77. The molecule has 0 spiro atoms. The summed E-state index contributed by atoms with van der Waals surface area (Å²) >= 11 is 1.06. The number of hydrogen-bond acceptors (Lipinski definition) is 6. The zero-order valence-electron chi connectivity index (χ0n) is 14.5. The van der Waals surface area contributed by atoms with Crippen molar-refractivity contribution >= 4 is 35.0 Å². The summed E-state index contributed by atoms with van der Waals surface area (Å²) in [6, 6.07) is 15.5. The predicted octanol–water partition coefficient (Wildman–Crippen LogP) is 2.76. The van der Waals surface area contributed by atoms with Gasteiger partial charge >= 0.3 is 5.97 Å². The lowest BCUT2D eigenvalue weighted by atomic mass is 10.0. The number of carboxylic acid groups (broad SMARTS) is 1. The lowest BCUT2D eigenvalue weighted by Crippen LogP contribution is -2.26. The van der Waals surface area contributed by atoms with Gasteiger partial charge in [0.15, 0.2) is 5.17 Å². The number of carbonyl (C=O) groups excluding carboxylic acids is 1. The lowest BCUT2D eigenvalue weighted by molar-refractivity contribution is -0.138. The fourth-order valence-electron chi connectivity index (χ4n) is 2.54. The Balaban J connectivity index is 1.76. The number of rotatable bonds is 6. The Morgan fingerprint density at radius 3 is 2.78 bits per heavy atom. The van der Waals surface area contributed by atoms with E-state index in [1.165, 1.54) is 0 Å². The molecule has 3 rings (SSSR count). The number of amidine groups is 1. The van der Waals surface area contributed by atoms with E-state index in [-0.39, 0.29) is 12.3 Å². The summed E-state index contributed by atoms with van der Waals surface area (Å²) in [5.74, 6) is -0.647. The first-order valence-corrected chi connectivity index (χ1v) is 8.98. The van der Waals surface area contributed by atoms with Crippen LogP contribution in [0.4, 0.5) is 0 Å². The molecule has 1 amide bonds. The topological polar surface area (TPSA) is 100 Å². The molecule has 2 aromatic rings. The summed E-state index contributed by atoms with van der Waals surface area (Å²) in [6.07, 6.45) is 1.31. The molecule has 2 aromatic carbocycles. The average Bonchev–Trinajstić information content (AvgIpc) is 3.01. The van der Waals surface area contributed by atoms with Crippen LogP contribution >= 0.6 is 11.8 Å². The number of benzene rings is 2. The maximum absolute atomic E-state index is 11.7. The average molecular weight is 383 g/mol. The number of nitrogens with one attached hydrogen (secondary N) is 1. The van der Waals surface area contributed by atoms with Gasteiger partial charge in [0.05, 0.1) is 19.7 Å². The minimum absolute atomic E-state index is 0.252. The summed E-state index contributed by atoms with van der Waals surface area (Å²) in [6.45, 7) is 0. The summed E-state index contributed by atoms with van der Waals surface area (Å²) in [4.78, 5) is 22.4. The first-order chi connectivity index (χ1) is 13.1. The second-order valence-electron chi connectivity index (χ2n) is 5.67. The summed E-state index contributed by atoms with van der Waals surface area (Å²) in [5, 5.41) is 18.9. The summed E-state index contributed by atoms with van der Waals surface area (Å²) in [7, 11) is 1.62. The summed E-state index contributed by atoms with van der Waals surface area (Å²) < 4.78 is 5.42. The fraction of sp³-hybridized carbons (Fsp3) is 0.158. The molecule has 0 aromatic heterocycles. The van der Waals surface area contributed by atoms with Crippen molar-refractivity contribution in [3.63, 3.8) is 0 Å². The molecular formula is C19H17N3O4S. The predicted molar refractivity (Wildman–Crippen MR) is 105 cm³/mol. The molecular weight excluding hydrogens is 366 g/mol. The van der Waals surface area contributed by atoms with Gasteiger partial charge in [0.2, 0.25) is 5.91 Å². The van der Waals surface area contributed by atoms with E-state index in [0.717, 1.165) is 34.2 Å². The molecule has 7 nitrogen and oxygen atoms in total. The SMILES string of the molecule is COc1ccc(C=NN=C2NC(=O)C(CC(=O)O)S2)cc1-c1ccccc1. The number of carbonyl (C=O) groups is 2. The van der Waals surface area contributed by atoms with E-state index < -0.39 is 11.2 Å². The molecule has 1 heterocycles. The number of methoxy groups -OCH3 is 1. The molecule has 1 aliphatic rings. The highest BCUT2D eigenvalue weighted by Crippen LogP contribution is 2.30. The molecule has 0 radical (unpaired) electrons. The van der Waals surface area contributed by atoms with E-state index in [1.54, 1.807) is 13.3 Å². The number of amides is 1. The molecule has 27 heavy (non-hydrogen) atoms. The Bertz CT molecular complexity index is 912. The highest BCUT2D eigenvalue weighted by atomic mass is 32.2. The van der Waals surface area contributed by atoms with Crippen LogP contribution in [0, 0.1) is 0 Å². The number of nitrogens with zero attached hydrogens (tertiary/aromatic N) is 2. The molecule has 1 fully saturated rings. The van der Waals surface area contributed by atoms with Gasteiger partial charge < -0.3 is 15.2 Å². The van der Waals surface area contributed by atoms with Crippen molar-refractivity contribution in [1.29, 1.82) is 0 Å². The third kappa shape index (κ3) is 4.73. The van der Waals surface area contributed by atoms with Crippen LogP contribution in [-0.2, 0) is 9.59 Å².